The molecule has 1 aliphatic rings. The standard InChI is InChI=1S/C20H20Br2FNO3/c21-15-8-13(6-7-18(25)26)9-16(22)20(15)27-11-14-2-1-3-17(19(14)23)24-10-12-4-5-12/h1-3,8-9,12,24H,4-7,10-11H2,(H,25,26). The molecule has 2 N–H and O–H groups in total. The number of benzene rings is 2. The van der Waals surface area contributed by atoms with Crippen LogP contribution in [0, 0.1) is 11.7 Å². The molecular weight excluding hydrogens is 481 g/mol. The Labute approximate surface area is 174 Å². The molecule has 7 heteroatoms. The predicted octanol–water partition coefficient (Wildman–Crippen LogP) is 5.77. The first-order valence-electron chi connectivity index (χ1n) is 8.78. The van der Waals surface area contributed by atoms with Gasteiger partial charge in [0.2, 0.25) is 0 Å². The summed E-state index contributed by atoms with van der Waals surface area (Å²) in [6.07, 6.45) is 2.91. The maximum atomic E-state index is 14.7. The van der Waals surface area contributed by atoms with Crippen LogP contribution in [0.5, 0.6) is 5.75 Å². The van der Waals surface area contributed by atoms with Gasteiger partial charge >= 0.3 is 5.97 Å². The van der Waals surface area contributed by atoms with E-state index in [0.29, 0.717) is 38.3 Å². The number of anilines is 1. The Kier molecular flexibility index (Phi) is 6.76. The Morgan fingerprint density at radius 2 is 1.96 bits per heavy atom. The molecule has 0 amide bonds. The zero-order chi connectivity index (χ0) is 19.4. The lowest BCUT2D eigenvalue weighted by Gasteiger charge is -2.14. The molecule has 144 valence electrons. The summed E-state index contributed by atoms with van der Waals surface area (Å²) in [4.78, 5) is 10.7. The first-order chi connectivity index (χ1) is 12.9. The van der Waals surface area contributed by atoms with Gasteiger partial charge in [0.25, 0.3) is 0 Å². The van der Waals surface area contributed by atoms with Crippen LogP contribution in [0.4, 0.5) is 10.1 Å². The third-order valence-electron chi connectivity index (χ3n) is 4.41. The molecule has 0 heterocycles. The summed E-state index contributed by atoms with van der Waals surface area (Å²) in [5.74, 6) is 0.0948. The van der Waals surface area contributed by atoms with E-state index in [2.05, 4.69) is 37.2 Å². The summed E-state index contributed by atoms with van der Waals surface area (Å²) >= 11 is 6.90. The van der Waals surface area contributed by atoms with E-state index in [1.165, 1.54) is 12.8 Å². The fourth-order valence-electron chi connectivity index (χ4n) is 2.70. The molecular formula is C20H20Br2FNO3. The molecule has 1 saturated carbocycles. The summed E-state index contributed by atoms with van der Waals surface area (Å²) < 4.78 is 21.9. The number of hydrogen-bond donors (Lipinski definition) is 2. The number of aryl methyl sites for hydroxylation is 1. The van der Waals surface area contributed by atoms with Gasteiger partial charge in [-0.05, 0) is 80.8 Å². The predicted molar refractivity (Wildman–Crippen MR) is 110 cm³/mol. The van der Waals surface area contributed by atoms with Crippen molar-refractivity contribution < 1.29 is 19.0 Å². The van der Waals surface area contributed by atoms with Gasteiger partial charge in [0, 0.05) is 18.5 Å². The number of carboxylic acid groups (broad SMARTS) is 1. The molecule has 2 aromatic carbocycles. The van der Waals surface area contributed by atoms with E-state index in [-0.39, 0.29) is 18.8 Å². The molecule has 0 aliphatic heterocycles. The van der Waals surface area contributed by atoms with Crippen molar-refractivity contribution in [1.29, 1.82) is 0 Å². The van der Waals surface area contributed by atoms with Crippen LogP contribution in [0.2, 0.25) is 0 Å². The van der Waals surface area contributed by atoms with E-state index in [9.17, 15) is 9.18 Å². The SMILES string of the molecule is O=C(O)CCc1cc(Br)c(OCc2cccc(NCC3CC3)c2F)c(Br)c1. The van der Waals surface area contributed by atoms with Crippen LogP contribution in [-0.4, -0.2) is 17.6 Å². The quantitative estimate of drug-likeness (QED) is 0.459. The maximum Gasteiger partial charge on any atom is 0.303 e. The number of ether oxygens (including phenoxy) is 1. The van der Waals surface area contributed by atoms with Crippen molar-refractivity contribution in [1.82, 2.24) is 0 Å². The second-order valence-electron chi connectivity index (χ2n) is 6.67. The van der Waals surface area contributed by atoms with Crippen LogP contribution < -0.4 is 10.1 Å². The van der Waals surface area contributed by atoms with Crippen molar-refractivity contribution >= 4 is 43.5 Å². The zero-order valence-electron chi connectivity index (χ0n) is 14.6. The minimum atomic E-state index is -0.840. The largest absolute Gasteiger partial charge is 0.486 e. The lowest BCUT2D eigenvalue weighted by molar-refractivity contribution is -0.136. The number of nitrogens with one attached hydrogen (secondary N) is 1. The minimum absolute atomic E-state index is 0.0605. The van der Waals surface area contributed by atoms with Crippen LogP contribution in [0.3, 0.4) is 0 Å². The number of carbonyl (C=O) groups is 1. The zero-order valence-corrected chi connectivity index (χ0v) is 17.8. The summed E-state index contributed by atoms with van der Waals surface area (Å²) in [6.45, 7) is 0.895. The van der Waals surface area contributed by atoms with Crippen LogP contribution in [-0.2, 0) is 17.8 Å². The molecule has 4 nitrogen and oxygen atoms in total. The molecule has 2 aromatic rings. The maximum absolute atomic E-state index is 14.7. The lowest BCUT2D eigenvalue weighted by Crippen LogP contribution is -2.07. The normalized spacial score (nSPS) is 13.4. The van der Waals surface area contributed by atoms with Crippen molar-refractivity contribution in [2.45, 2.75) is 32.3 Å². The second kappa shape index (κ2) is 9.06. The van der Waals surface area contributed by atoms with Crippen molar-refractivity contribution in [3.63, 3.8) is 0 Å². The van der Waals surface area contributed by atoms with Gasteiger partial charge in [0.05, 0.1) is 14.6 Å². The average molecular weight is 501 g/mol. The highest BCUT2D eigenvalue weighted by Crippen LogP contribution is 2.36. The highest BCUT2D eigenvalue weighted by molar-refractivity contribution is 9.11. The van der Waals surface area contributed by atoms with Gasteiger partial charge in [-0.25, -0.2) is 4.39 Å². The van der Waals surface area contributed by atoms with Gasteiger partial charge in [0.15, 0.2) is 5.82 Å². The van der Waals surface area contributed by atoms with Gasteiger partial charge in [-0.1, -0.05) is 12.1 Å². The smallest absolute Gasteiger partial charge is 0.303 e. The van der Waals surface area contributed by atoms with Crippen molar-refractivity contribution in [3.8, 4) is 5.75 Å². The second-order valence-corrected chi connectivity index (χ2v) is 8.38. The highest BCUT2D eigenvalue weighted by atomic mass is 79.9. The Hall–Kier alpha value is -1.60. The molecule has 0 spiro atoms. The van der Waals surface area contributed by atoms with E-state index in [1.807, 2.05) is 18.2 Å². The molecule has 1 aliphatic carbocycles. The molecule has 1 fully saturated rings. The molecule has 0 atom stereocenters. The van der Waals surface area contributed by atoms with E-state index < -0.39 is 5.97 Å². The highest BCUT2D eigenvalue weighted by Gasteiger charge is 2.21. The van der Waals surface area contributed by atoms with Crippen LogP contribution in [0.15, 0.2) is 39.3 Å². The number of aliphatic carboxylic acids is 1. The Morgan fingerprint density at radius 3 is 2.59 bits per heavy atom. The lowest BCUT2D eigenvalue weighted by atomic mass is 10.1. The van der Waals surface area contributed by atoms with E-state index in [1.54, 1.807) is 12.1 Å². The van der Waals surface area contributed by atoms with Crippen LogP contribution in [0.25, 0.3) is 0 Å². The number of hydrogen-bond acceptors (Lipinski definition) is 3. The molecule has 27 heavy (non-hydrogen) atoms. The van der Waals surface area contributed by atoms with E-state index >= 15 is 0 Å². The first-order valence-corrected chi connectivity index (χ1v) is 10.4. The molecule has 0 saturated heterocycles. The summed E-state index contributed by atoms with van der Waals surface area (Å²) in [5, 5.41) is 12.0. The molecule has 0 radical (unpaired) electrons. The monoisotopic (exact) mass is 499 g/mol. The van der Waals surface area contributed by atoms with Crippen LogP contribution in [0.1, 0.15) is 30.4 Å². The molecule has 0 bridgehead atoms. The fraction of sp³-hybridized carbons (Fsp3) is 0.350. The minimum Gasteiger partial charge on any atom is -0.486 e. The van der Waals surface area contributed by atoms with E-state index in [0.717, 1.165) is 12.1 Å². The molecule has 0 aromatic heterocycles. The van der Waals surface area contributed by atoms with Gasteiger partial charge < -0.3 is 15.2 Å². The van der Waals surface area contributed by atoms with Gasteiger partial charge in [0.1, 0.15) is 12.4 Å². The topological polar surface area (TPSA) is 58.6 Å². The summed E-state index contributed by atoms with van der Waals surface area (Å²) in [7, 11) is 0. The Bertz CT molecular complexity index is 817. The molecule has 0 unspecified atom stereocenters. The van der Waals surface area contributed by atoms with Crippen molar-refractivity contribution in [3.05, 3.63) is 56.2 Å². The van der Waals surface area contributed by atoms with Gasteiger partial charge in [-0.3, -0.25) is 4.79 Å². The number of carboxylic acids is 1. The first kappa shape index (κ1) is 20.1. The summed E-state index contributed by atoms with van der Waals surface area (Å²) in [6, 6.07) is 8.92. The average Bonchev–Trinajstić information content (AvgIpc) is 3.44. The number of halogens is 3. The van der Waals surface area contributed by atoms with Gasteiger partial charge in [-0.15, -0.1) is 0 Å². The Morgan fingerprint density at radius 1 is 1.26 bits per heavy atom. The fourth-order valence-corrected chi connectivity index (χ4v) is 4.21. The summed E-state index contributed by atoms with van der Waals surface area (Å²) in [5.41, 5.74) is 1.86. The van der Waals surface area contributed by atoms with Crippen molar-refractivity contribution in [2.24, 2.45) is 5.92 Å². The third-order valence-corrected chi connectivity index (χ3v) is 5.59. The number of rotatable bonds is 9. The van der Waals surface area contributed by atoms with Crippen molar-refractivity contribution in [2.75, 3.05) is 11.9 Å². The molecule has 3 rings (SSSR count). The van der Waals surface area contributed by atoms with Gasteiger partial charge in [-0.2, -0.15) is 0 Å². The third kappa shape index (κ3) is 5.69. The Balaban J connectivity index is 1.67. The van der Waals surface area contributed by atoms with Crippen LogP contribution >= 0.6 is 31.9 Å². The van der Waals surface area contributed by atoms with E-state index in [4.69, 9.17) is 9.84 Å².